The van der Waals surface area contributed by atoms with Gasteiger partial charge < -0.3 is 5.32 Å². The highest BCUT2D eigenvalue weighted by Crippen LogP contribution is 2.37. The first-order valence-electron chi connectivity index (χ1n) is 11.6. The maximum Gasteiger partial charge on any atom is 0.416 e. The topological polar surface area (TPSA) is 92.7 Å². The van der Waals surface area contributed by atoms with E-state index in [-0.39, 0.29) is 62.3 Å². The van der Waals surface area contributed by atoms with Crippen molar-refractivity contribution in [1.29, 1.82) is 0 Å². The lowest BCUT2D eigenvalue weighted by Crippen LogP contribution is -2.37. The highest BCUT2D eigenvalue weighted by molar-refractivity contribution is 6.39. The van der Waals surface area contributed by atoms with Gasteiger partial charge >= 0.3 is 6.18 Å². The average molecular weight is 573 g/mol. The maximum atomic E-state index is 14.1. The van der Waals surface area contributed by atoms with Crippen molar-refractivity contribution in [2.45, 2.75) is 19.5 Å². The van der Waals surface area contributed by atoms with Gasteiger partial charge in [-0.05, 0) is 60.5 Å². The number of carbonyl (C=O) groups is 2. The van der Waals surface area contributed by atoms with Crippen molar-refractivity contribution in [2.75, 3.05) is 5.32 Å². The Morgan fingerprint density at radius 3 is 2.30 bits per heavy atom. The Hall–Kier alpha value is -4.51. The summed E-state index contributed by atoms with van der Waals surface area (Å²) in [6, 6.07) is 7.04. The number of rotatable bonds is 5. The number of hydrogen-bond acceptors (Lipinski definition) is 4. The van der Waals surface area contributed by atoms with E-state index in [4.69, 9.17) is 11.6 Å². The van der Waals surface area contributed by atoms with Crippen molar-refractivity contribution >= 4 is 34.8 Å². The molecule has 1 aliphatic heterocycles. The summed E-state index contributed by atoms with van der Waals surface area (Å²) in [5.74, 6) is -4.07. The lowest BCUT2D eigenvalue weighted by atomic mass is 9.88. The molecule has 2 amide bonds. The van der Waals surface area contributed by atoms with E-state index >= 15 is 0 Å². The maximum absolute atomic E-state index is 14.1. The molecule has 4 aromatic rings. The van der Waals surface area contributed by atoms with Gasteiger partial charge in [-0.2, -0.15) is 13.2 Å². The van der Waals surface area contributed by atoms with Gasteiger partial charge in [-0.25, -0.2) is 13.8 Å². The fourth-order valence-electron chi connectivity index (χ4n) is 4.56. The zero-order valence-corrected chi connectivity index (χ0v) is 20.9. The molecule has 12 heteroatoms. The van der Waals surface area contributed by atoms with Gasteiger partial charge in [-0.3, -0.25) is 19.2 Å². The van der Waals surface area contributed by atoms with Gasteiger partial charge in [0.2, 0.25) is 10.9 Å². The highest BCUT2D eigenvalue weighted by atomic mass is 35.5. The summed E-state index contributed by atoms with van der Waals surface area (Å²) in [6.07, 6.45) is -4.75. The number of nitrogens with one attached hydrogen (secondary N) is 1. The second kappa shape index (κ2) is 9.60. The van der Waals surface area contributed by atoms with Crippen LogP contribution >= 0.6 is 11.6 Å². The number of nitrogens with zero attached hydrogens (tertiary/aromatic N) is 1. The molecular weight excluding hydrogens is 559 g/mol. The molecular formula is C28H14ClF5N2O4. The van der Waals surface area contributed by atoms with Crippen molar-refractivity contribution in [1.82, 2.24) is 0 Å². The predicted octanol–water partition coefficient (Wildman–Crippen LogP) is 5.71. The summed E-state index contributed by atoms with van der Waals surface area (Å²) in [5, 5.41) is 2.36. The summed E-state index contributed by atoms with van der Waals surface area (Å²) < 4.78 is 67.8. The van der Waals surface area contributed by atoms with Gasteiger partial charge in [0.1, 0.15) is 11.6 Å². The fraction of sp³-hybridized carbons (Fsp3) is 0.107. The predicted molar refractivity (Wildman–Crippen MR) is 137 cm³/mol. The largest absolute Gasteiger partial charge is 0.416 e. The first-order valence-corrected chi connectivity index (χ1v) is 12.0. The van der Waals surface area contributed by atoms with Gasteiger partial charge in [0.15, 0.2) is 0 Å². The van der Waals surface area contributed by atoms with Crippen LogP contribution in [0.2, 0.25) is 5.02 Å². The number of fused-ring (bicyclic) bond motifs is 1. The van der Waals surface area contributed by atoms with E-state index in [9.17, 15) is 41.1 Å². The van der Waals surface area contributed by atoms with Crippen LogP contribution in [0.1, 0.15) is 49.9 Å². The minimum absolute atomic E-state index is 0.000880. The molecule has 1 heterocycles. The quantitative estimate of drug-likeness (QED) is 0.245. The lowest BCUT2D eigenvalue weighted by Gasteiger charge is -2.17. The third-order valence-corrected chi connectivity index (χ3v) is 6.72. The molecule has 0 radical (unpaired) electrons. The Morgan fingerprint density at radius 2 is 1.62 bits per heavy atom. The third kappa shape index (κ3) is 4.51. The number of anilines is 1. The molecule has 0 saturated carbocycles. The summed E-state index contributed by atoms with van der Waals surface area (Å²) in [5.41, 5.74) is -3.97. The molecule has 0 aliphatic carbocycles. The number of hydrogen-bond donors (Lipinski definition) is 1. The van der Waals surface area contributed by atoms with E-state index < -0.39 is 51.6 Å². The molecule has 0 saturated heterocycles. The van der Waals surface area contributed by atoms with Crippen molar-refractivity contribution < 1.29 is 31.5 Å². The number of alkyl halides is 3. The molecule has 0 atom stereocenters. The van der Waals surface area contributed by atoms with Crippen molar-refractivity contribution in [3.8, 4) is 11.1 Å². The highest BCUT2D eigenvalue weighted by Gasteiger charge is 2.34. The van der Waals surface area contributed by atoms with Crippen LogP contribution in [0, 0.1) is 11.6 Å². The van der Waals surface area contributed by atoms with E-state index in [0.29, 0.717) is 12.1 Å². The van der Waals surface area contributed by atoms with Gasteiger partial charge in [-0.15, -0.1) is 0 Å². The van der Waals surface area contributed by atoms with Crippen molar-refractivity contribution in [2.24, 2.45) is 4.99 Å². The zero-order valence-electron chi connectivity index (χ0n) is 20.2. The SMILES string of the molecule is CCc1c(-c2cc(NC(=O)c3cc(F)cc(C(F)(F)F)c3)c3c(c2)C(=O)N=C3c2cc(F)ccc2Cl)c(=O)c1=O. The molecule has 1 aliphatic rings. The molecule has 0 aromatic heterocycles. The van der Waals surface area contributed by atoms with Crippen LogP contribution in [0.25, 0.3) is 11.1 Å². The van der Waals surface area contributed by atoms with E-state index in [0.717, 1.165) is 12.1 Å². The minimum Gasteiger partial charge on any atom is -0.321 e. The number of aliphatic imine (C=N–C) groups is 1. The van der Waals surface area contributed by atoms with Crippen LogP contribution in [0.5, 0.6) is 0 Å². The summed E-state index contributed by atoms with van der Waals surface area (Å²) in [4.78, 5) is 54.4. The van der Waals surface area contributed by atoms with Crippen LogP contribution < -0.4 is 16.2 Å². The second-order valence-corrected chi connectivity index (χ2v) is 9.29. The molecule has 6 nitrogen and oxygen atoms in total. The van der Waals surface area contributed by atoms with E-state index in [2.05, 4.69) is 10.3 Å². The van der Waals surface area contributed by atoms with Crippen LogP contribution in [-0.2, 0) is 12.6 Å². The van der Waals surface area contributed by atoms with Crippen LogP contribution in [-0.4, -0.2) is 17.5 Å². The summed E-state index contributed by atoms with van der Waals surface area (Å²) >= 11 is 6.22. The molecule has 202 valence electrons. The van der Waals surface area contributed by atoms with E-state index in [1.165, 1.54) is 18.2 Å². The molecule has 0 fully saturated rings. The average Bonchev–Trinajstić information content (AvgIpc) is 3.23. The second-order valence-electron chi connectivity index (χ2n) is 8.88. The van der Waals surface area contributed by atoms with Crippen molar-refractivity contribution in [3.05, 3.63) is 119 Å². The Labute approximate surface area is 226 Å². The monoisotopic (exact) mass is 572 g/mol. The zero-order chi connectivity index (χ0) is 29.1. The normalized spacial score (nSPS) is 13.0. The Kier molecular flexibility index (Phi) is 6.49. The fourth-order valence-corrected chi connectivity index (χ4v) is 4.77. The van der Waals surface area contributed by atoms with Gasteiger partial charge in [0.05, 0.1) is 27.5 Å². The van der Waals surface area contributed by atoms with E-state index in [1.54, 1.807) is 6.92 Å². The number of halogens is 6. The number of benzene rings is 3. The first-order chi connectivity index (χ1) is 18.8. The molecule has 40 heavy (non-hydrogen) atoms. The lowest BCUT2D eigenvalue weighted by molar-refractivity contribution is -0.137. The third-order valence-electron chi connectivity index (χ3n) is 6.39. The molecule has 0 bridgehead atoms. The molecule has 0 spiro atoms. The van der Waals surface area contributed by atoms with Crippen LogP contribution in [0.3, 0.4) is 0 Å². The molecule has 1 N–H and O–H groups in total. The first kappa shape index (κ1) is 27.1. The minimum atomic E-state index is -4.95. The number of amides is 2. The number of carbonyl (C=O) groups excluding carboxylic acids is 2. The van der Waals surface area contributed by atoms with Gasteiger partial charge in [0.25, 0.3) is 11.8 Å². The Balaban J connectivity index is 1.70. The Bertz CT molecular complexity index is 1870. The molecule has 4 aromatic carbocycles. The smallest absolute Gasteiger partial charge is 0.321 e. The summed E-state index contributed by atoms with van der Waals surface area (Å²) in [6.45, 7) is 1.64. The van der Waals surface area contributed by atoms with Crippen molar-refractivity contribution in [3.63, 3.8) is 0 Å². The van der Waals surface area contributed by atoms with Gasteiger partial charge in [0, 0.05) is 27.8 Å². The van der Waals surface area contributed by atoms with Crippen LogP contribution in [0.15, 0.2) is 63.1 Å². The van der Waals surface area contributed by atoms with Gasteiger partial charge in [-0.1, -0.05) is 18.5 Å². The summed E-state index contributed by atoms with van der Waals surface area (Å²) in [7, 11) is 0. The Morgan fingerprint density at radius 1 is 0.900 bits per heavy atom. The molecule has 5 rings (SSSR count). The standard InChI is InChI=1S/C28H14ClF5N2O4/c1-2-16-21(25(38)24(16)37)11-7-18-22(23(36-27(18)40)17-10-14(30)3-4-19(17)29)20(8-11)35-26(39)12-5-13(28(32,33)34)9-15(31)6-12/h3-10H,2H2,1H3,(H,35,39). The van der Waals surface area contributed by atoms with E-state index in [1.807, 2.05) is 0 Å². The van der Waals surface area contributed by atoms with Crippen LogP contribution in [0.4, 0.5) is 27.6 Å². The molecule has 0 unspecified atom stereocenters.